The minimum Gasteiger partial charge on any atom is -0.484 e. The number of para-hydroxylation sites is 1. The lowest BCUT2D eigenvalue weighted by atomic mass is 9.97. The predicted octanol–water partition coefficient (Wildman–Crippen LogP) is -1.21. The van der Waals surface area contributed by atoms with Crippen LogP contribution >= 0.6 is 0 Å². The van der Waals surface area contributed by atoms with Gasteiger partial charge in [0.25, 0.3) is 11.7 Å². The van der Waals surface area contributed by atoms with Crippen LogP contribution in [0.1, 0.15) is 0 Å². The summed E-state index contributed by atoms with van der Waals surface area (Å²) < 4.78 is 9.44. The van der Waals surface area contributed by atoms with Crippen LogP contribution in [-0.4, -0.2) is 49.4 Å². The predicted molar refractivity (Wildman–Crippen MR) is 72.8 cm³/mol. The number of amides is 1. The number of carbonyl (C=O) groups excluding carboxylic acids is 4. The maximum absolute atomic E-state index is 11.7. The number of ether oxygens (including phenoxy) is 2. The Morgan fingerprint density at radius 1 is 1.23 bits per heavy atom. The number of methoxy groups -OCH3 is 1. The lowest BCUT2D eigenvalue weighted by Crippen LogP contribution is -2.72. The third-order valence-electron chi connectivity index (χ3n) is 2.97. The van der Waals surface area contributed by atoms with Gasteiger partial charge < -0.3 is 14.8 Å². The molecule has 1 aliphatic heterocycles. The minimum absolute atomic E-state index is 0.273. The number of hydrogen-bond donors (Lipinski definition) is 2. The summed E-state index contributed by atoms with van der Waals surface area (Å²) >= 11 is 0. The second-order valence-corrected chi connectivity index (χ2v) is 4.46. The van der Waals surface area contributed by atoms with Crippen molar-refractivity contribution >= 4 is 23.4 Å². The van der Waals surface area contributed by atoms with E-state index in [1.807, 2.05) is 6.07 Å². The van der Waals surface area contributed by atoms with Gasteiger partial charge in [0.05, 0.1) is 7.11 Å². The maximum Gasteiger partial charge on any atom is 0.376 e. The van der Waals surface area contributed by atoms with Gasteiger partial charge in [-0.15, -0.1) is 0 Å². The number of carbonyl (C=O) groups is 4. The summed E-state index contributed by atoms with van der Waals surface area (Å²) in [5, 5.41) is 4.84. The minimum atomic E-state index is -1.27. The number of esters is 1. The van der Waals surface area contributed by atoms with Crippen molar-refractivity contribution in [1.29, 1.82) is 0 Å². The Morgan fingerprint density at radius 2 is 1.91 bits per heavy atom. The average Bonchev–Trinajstić information content (AvgIpc) is 2.55. The molecule has 1 aliphatic rings. The molecular formula is C14H14N2O6. The van der Waals surface area contributed by atoms with Crippen LogP contribution in [0.4, 0.5) is 0 Å². The Morgan fingerprint density at radius 3 is 2.50 bits per heavy atom. The molecule has 1 amide bonds. The van der Waals surface area contributed by atoms with Crippen molar-refractivity contribution in [3.8, 4) is 5.75 Å². The standard InChI is InChI=1S/C14H14N2O6/c1-21-14(20)12(19)10-11(18)13(16-10)15-9(17)7-22-8-5-3-2-4-6-8/h2-6,10,13,16H,7H2,1H3,(H,15,17). The Labute approximate surface area is 125 Å². The highest BCUT2D eigenvalue weighted by Crippen LogP contribution is 2.09. The van der Waals surface area contributed by atoms with E-state index in [-0.39, 0.29) is 6.61 Å². The molecule has 1 heterocycles. The summed E-state index contributed by atoms with van der Waals surface area (Å²) in [6.45, 7) is -0.273. The van der Waals surface area contributed by atoms with E-state index in [0.717, 1.165) is 7.11 Å². The van der Waals surface area contributed by atoms with Crippen LogP contribution in [0.2, 0.25) is 0 Å². The van der Waals surface area contributed by atoms with Gasteiger partial charge in [0.2, 0.25) is 0 Å². The second kappa shape index (κ2) is 6.81. The van der Waals surface area contributed by atoms with Gasteiger partial charge in [0.15, 0.2) is 12.4 Å². The van der Waals surface area contributed by atoms with Gasteiger partial charge in [-0.05, 0) is 12.1 Å². The fourth-order valence-corrected chi connectivity index (χ4v) is 1.81. The van der Waals surface area contributed by atoms with Crippen LogP contribution < -0.4 is 15.4 Å². The summed E-state index contributed by atoms with van der Waals surface area (Å²) in [6.07, 6.45) is -1.01. The molecule has 8 heteroatoms. The zero-order valence-corrected chi connectivity index (χ0v) is 11.7. The first-order valence-corrected chi connectivity index (χ1v) is 6.42. The van der Waals surface area contributed by atoms with Gasteiger partial charge >= 0.3 is 5.97 Å². The first kappa shape index (κ1) is 15.6. The Bertz CT molecular complexity index is 601. The molecule has 22 heavy (non-hydrogen) atoms. The molecule has 0 saturated carbocycles. The molecule has 0 aromatic heterocycles. The summed E-state index contributed by atoms with van der Waals surface area (Å²) in [5.41, 5.74) is 0. The van der Waals surface area contributed by atoms with E-state index in [1.54, 1.807) is 24.3 Å². The van der Waals surface area contributed by atoms with Gasteiger partial charge in [0, 0.05) is 0 Å². The topological polar surface area (TPSA) is 111 Å². The Kier molecular flexibility index (Phi) is 4.84. The first-order chi connectivity index (χ1) is 10.5. The van der Waals surface area contributed by atoms with Gasteiger partial charge in [-0.3, -0.25) is 19.7 Å². The quantitative estimate of drug-likeness (QED) is 0.385. The molecule has 1 saturated heterocycles. The monoisotopic (exact) mass is 306 g/mol. The first-order valence-electron chi connectivity index (χ1n) is 6.42. The van der Waals surface area contributed by atoms with Crippen LogP contribution in [0, 0.1) is 0 Å². The molecule has 1 aromatic carbocycles. The number of rotatable bonds is 6. The van der Waals surface area contributed by atoms with E-state index in [2.05, 4.69) is 15.4 Å². The summed E-state index contributed by atoms with van der Waals surface area (Å²) in [5.74, 6) is -2.70. The summed E-state index contributed by atoms with van der Waals surface area (Å²) in [7, 11) is 1.05. The van der Waals surface area contributed by atoms with Gasteiger partial charge in [-0.2, -0.15) is 0 Å². The second-order valence-electron chi connectivity index (χ2n) is 4.46. The van der Waals surface area contributed by atoms with Crippen LogP contribution in [0.15, 0.2) is 30.3 Å². The van der Waals surface area contributed by atoms with E-state index in [4.69, 9.17) is 4.74 Å². The molecule has 2 N–H and O–H groups in total. The molecule has 0 radical (unpaired) electrons. The smallest absolute Gasteiger partial charge is 0.376 e. The van der Waals surface area contributed by atoms with Crippen molar-refractivity contribution < 1.29 is 28.7 Å². The number of hydrogen-bond acceptors (Lipinski definition) is 7. The number of ketones is 2. The van der Waals surface area contributed by atoms with E-state index in [0.29, 0.717) is 5.75 Å². The average molecular weight is 306 g/mol. The fraction of sp³-hybridized carbons (Fsp3) is 0.286. The van der Waals surface area contributed by atoms with Gasteiger partial charge in [-0.25, -0.2) is 4.79 Å². The van der Waals surface area contributed by atoms with E-state index in [9.17, 15) is 19.2 Å². The largest absolute Gasteiger partial charge is 0.484 e. The molecule has 2 unspecified atom stereocenters. The highest BCUT2D eigenvalue weighted by Gasteiger charge is 2.46. The molecule has 2 atom stereocenters. The molecule has 116 valence electrons. The molecule has 0 spiro atoms. The lowest BCUT2D eigenvalue weighted by molar-refractivity contribution is -0.157. The molecule has 1 fully saturated rings. The zero-order chi connectivity index (χ0) is 16.1. The Hall–Kier alpha value is -2.74. The van der Waals surface area contributed by atoms with Crippen LogP contribution in [0.5, 0.6) is 5.75 Å². The molecule has 8 nitrogen and oxygen atoms in total. The van der Waals surface area contributed by atoms with Crippen molar-refractivity contribution in [2.75, 3.05) is 13.7 Å². The van der Waals surface area contributed by atoms with Gasteiger partial charge in [0.1, 0.15) is 18.0 Å². The van der Waals surface area contributed by atoms with Crippen molar-refractivity contribution in [1.82, 2.24) is 10.6 Å². The molecule has 1 aromatic rings. The third-order valence-corrected chi connectivity index (χ3v) is 2.97. The zero-order valence-electron chi connectivity index (χ0n) is 11.7. The van der Waals surface area contributed by atoms with Crippen LogP contribution in [0.25, 0.3) is 0 Å². The lowest BCUT2D eigenvalue weighted by Gasteiger charge is -2.33. The molecule has 0 aliphatic carbocycles. The van der Waals surface area contributed by atoms with Gasteiger partial charge in [-0.1, -0.05) is 18.2 Å². The summed E-state index contributed by atoms with van der Waals surface area (Å²) in [6, 6.07) is 7.42. The van der Waals surface area contributed by atoms with E-state index < -0.39 is 35.7 Å². The molecular weight excluding hydrogens is 292 g/mol. The van der Waals surface area contributed by atoms with Crippen LogP contribution in [0.3, 0.4) is 0 Å². The third kappa shape index (κ3) is 3.47. The summed E-state index contributed by atoms with van der Waals surface area (Å²) in [4.78, 5) is 45.7. The Balaban J connectivity index is 1.76. The SMILES string of the molecule is COC(=O)C(=O)C1NC(NC(=O)COc2ccccc2)C1=O. The fourth-order valence-electron chi connectivity index (χ4n) is 1.81. The van der Waals surface area contributed by atoms with E-state index >= 15 is 0 Å². The highest BCUT2D eigenvalue weighted by molar-refractivity contribution is 6.41. The number of benzene rings is 1. The normalized spacial score (nSPS) is 19.8. The van der Waals surface area contributed by atoms with Crippen LogP contribution in [-0.2, 0) is 23.9 Å². The molecule has 0 bridgehead atoms. The van der Waals surface area contributed by atoms with Crippen molar-refractivity contribution in [2.45, 2.75) is 12.2 Å². The van der Waals surface area contributed by atoms with Crippen molar-refractivity contribution in [2.24, 2.45) is 0 Å². The van der Waals surface area contributed by atoms with Crippen molar-refractivity contribution in [3.05, 3.63) is 30.3 Å². The van der Waals surface area contributed by atoms with Crippen molar-refractivity contribution in [3.63, 3.8) is 0 Å². The van der Waals surface area contributed by atoms with E-state index in [1.165, 1.54) is 0 Å². The highest BCUT2D eigenvalue weighted by atomic mass is 16.5. The number of nitrogens with one attached hydrogen (secondary N) is 2. The number of Topliss-reactive ketones (excluding diaryl/α,β-unsaturated/α-hetero) is 2. The molecule has 2 rings (SSSR count). The maximum atomic E-state index is 11.7.